The number of anilines is 3. The lowest BCUT2D eigenvalue weighted by molar-refractivity contribution is 0.425. The zero-order valence-electron chi connectivity index (χ0n) is 17.8. The predicted octanol–water partition coefficient (Wildman–Crippen LogP) is 4.15. The second kappa shape index (κ2) is 8.51. The first-order valence-electron chi connectivity index (χ1n) is 10.1. The van der Waals surface area contributed by atoms with Gasteiger partial charge in [-0.2, -0.15) is 15.1 Å². The van der Waals surface area contributed by atoms with Crippen LogP contribution in [0.1, 0.15) is 11.1 Å². The van der Waals surface area contributed by atoms with Gasteiger partial charge in [-0.25, -0.2) is 4.68 Å². The van der Waals surface area contributed by atoms with E-state index in [1.807, 2.05) is 55.3 Å². The lowest BCUT2D eigenvalue weighted by atomic mass is 10.1. The topological polar surface area (TPSA) is 70.9 Å². The van der Waals surface area contributed by atoms with Gasteiger partial charge >= 0.3 is 0 Å². The lowest BCUT2D eigenvalue weighted by Crippen LogP contribution is -2.21. The van der Waals surface area contributed by atoms with Gasteiger partial charge in [-0.3, -0.25) is 0 Å². The lowest BCUT2D eigenvalue weighted by Gasteiger charge is -2.13. The van der Waals surface area contributed by atoms with Crippen LogP contribution >= 0.6 is 0 Å². The number of aryl methyl sites for hydroxylation is 2. The molecule has 2 aromatic heterocycles. The molecule has 0 unspecified atom stereocenters. The van der Waals surface area contributed by atoms with Gasteiger partial charge in [0.1, 0.15) is 5.82 Å². The quantitative estimate of drug-likeness (QED) is 0.485. The van der Waals surface area contributed by atoms with Gasteiger partial charge in [0.25, 0.3) is 0 Å². The molecule has 2 N–H and O–H groups in total. The molecule has 30 heavy (non-hydrogen) atoms. The Morgan fingerprint density at radius 1 is 0.967 bits per heavy atom. The SMILES string of the molecule is Cc1ccc(Nc2nc(NCCN(C)C)nc3c2cnn3-c2ccccc2)cc1C. The van der Waals surface area contributed by atoms with Crippen LogP contribution in [0.15, 0.2) is 54.7 Å². The van der Waals surface area contributed by atoms with Crippen molar-refractivity contribution in [1.29, 1.82) is 0 Å². The third kappa shape index (κ3) is 4.26. The fraction of sp³-hybridized carbons (Fsp3) is 0.261. The summed E-state index contributed by atoms with van der Waals surface area (Å²) in [6, 6.07) is 16.3. The van der Waals surface area contributed by atoms with Gasteiger partial charge in [0.2, 0.25) is 5.95 Å². The summed E-state index contributed by atoms with van der Waals surface area (Å²) in [5, 5.41) is 12.3. The Bertz CT molecular complexity index is 1150. The molecule has 2 heterocycles. The zero-order valence-corrected chi connectivity index (χ0v) is 17.8. The van der Waals surface area contributed by atoms with Crippen molar-refractivity contribution in [3.63, 3.8) is 0 Å². The number of hydrogen-bond acceptors (Lipinski definition) is 6. The minimum Gasteiger partial charge on any atom is -0.353 e. The van der Waals surface area contributed by atoms with Crippen LogP contribution in [0.4, 0.5) is 17.5 Å². The maximum Gasteiger partial charge on any atom is 0.226 e. The third-order valence-corrected chi connectivity index (χ3v) is 5.04. The molecule has 0 saturated heterocycles. The first-order valence-corrected chi connectivity index (χ1v) is 10.1. The molecule has 0 amide bonds. The Balaban J connectivity index is 1.76. The molecule has 0 spiro atoms. The van der Waals surface area contributed by atoms with Gasteiger partial charge in [-0.05, 0) is 63.3 Å². The van der Waals surface area contributed by atoms with Crippen LogP contribution in [0.5, 0.6) is 0 Å². The van der Waals surface area contributed by atoms with Crippen LogP contribution in [0.25, 0.3) is 16.7 Å². The fourth-order valence-corrected chi connectivity index (χ4v) is 3.19. The number of hydrogen-bond donors (Lipinski definition) is 2. The van der Waals surface area contributed by atoms with E-state index in [9.17, 15) is 0 Å². The van der Waals surface area contributed by atoms with E-state index in [-0.39, 0.29) is 0 Å². The van der Waals surface area contributed by atoms with Crippen LogP contribution in [-0.2, 0) is 0 Å². The standard InChI is InChI=1S/C23H27N7/c1-16-10-11-18(14-17(16)2)26-21-20-15-25-30(19-8-6-5-7-9-19)22(20)28-23(27-21)24-12-13-29(3)4/h5-11,14-15H,12-13H2,1-4H3,(H2,24,26,27,28). The molecule has 0 aliphatic carbocycles. The van der Waals surface area contributed by atoms with Crippen molar-refractivity contribution >= 4 is 28.5 Å². The summed E-state index contributed by atoms with van der Waals surface area (Å²) >= 11 is 0. The van der Waals surface area contributed by atoms with Gasteiger partial charge in [-0.15, -0.1) is 0 Å². The van der Waals surface area contributed by atoms with E-state index >= 15 is 0 Å². The zero-order chi connectivity index (χ0) is 21.1. The second-order valence-electron chi connectivity index (χ2n) is 7.68. The Morgan fingerprint density at radius 3 is 2.50 bits per heavy atom. The number of aromatic nitrogens is 4. The molecule has 0 radical (unpaired) electrons. The summed E-state index contributed by atoms with van der Waals surface area (Å²) in [7, 11) is 4.09. The molecule has 4 aromatic rings. The molecule has 2 aromatic carbocycles. The van der Waals surface area contributed by atoms with E-state index < -0.39 is 0 Å². The highest BCUT2D eigenvalue weighted by Gasteiger charge is 2.14. The normalized spacial score (nSPS) is 11.2. The van der Waals surface area contributed by atoms with E-state index in [4.69, 9.17) is 9.97 Å². The molecule has 4 rings (SSSR count). The predicted molar refractivity (Wildman–Crippen MR) is 123 cm³/mol. The number of nitrogens with zero attached hydrogens (tertiary/aromatic N) is 5. The fourth-order valence-electron chi connectivity index (χ4n) is 3.19. The van der Waals surface area contributed by atoms with Gasteiger partial charge in [0, 0.05) is 18.8 Å². The van der Waals surface area contributed by atoms with Gasteiger partial charge in [0.15, 0.2) is 5.65 Å². The number of para-hydroxylation sites is 1. The van der Waals surface area contributed by atoms with Gasteiger partial charge in [-0.1, -0.05) is 24.3 Å². The number of rotatable bonds is 7. The number of fused-ring (bicyclic) bond motifs is 1. The molecule has 0 atom stereocenters. The summed E-state index contributed by atoms with van der Waals surface area (Å²) in [5.74, 6) is 1.31. The molecule has 7 heteroatoms. The van der Waals surface area contributed by atoms with E-state index in [0.29, 0.717) is 5.95 Å². The Hall–Kier alpha value is -3.45. The molecular weight excluding hydrogens is 374 g/mol. The van der Waals surface area contributed by atoms with Crippen LogP contribution in [-0.4, -0.2) is 51.8 Å². The van der Waals surface area contributed by atoms with Crippen LogP contribution in [0, 0.1) is 13.8 Å². The molecule has 0 aliphatic heterocycles. The highest BCUT2D eigenvalue weighted by Crippen LogP contribution is 2.27. The van der Waals surface area contributed by atoms with Crippen LogP contribution < -0.4 is 10.6 Å². The largest absolute Gasteiger partial charge is 0.353 e. The summed E-state index contributed by atoms with van der Waals surface area (Å²) < 4.78 is 1.85. The van der Waals surface area contributed by atoms with Crippen molar-refractivity contribution in [2.75, 3.05) is 37.8 Å². The second-order valence-corrected chi connectivity index (χ2v) is 7.68. The average Bonchev–Trinajstić information content (AvgIpc) is 3.15. The smallest absolute Gasteiger partial charge is 0.226 e. The van der Waals surface area contributed by atoms with Crippen molar-refractivity contribution in [3.05, 3.63) is 65.9 Å². The number of likely N-dealkylation sites (N-methyl/N-ethyl adjacent to an activating group) is 1. The molecule has 154 valence electrons. The van der Waals surface area contributed by atoms with Crippen molar-refractivity contribution in [3.8, 4) is 5.69 Å². The minimum absolute atomic E-state index is 0.577. The monoisotopic (exact) mass is 401 g/mol. The maximum absolute atomic E-state index is 4.76. The highest BCUT2D eigenvalue weighted by molar-refractivity contribution is 5.90. The van der Waals surface area contributed by atoms with Crippen molar-refractivity contribution in [2.24, 2.45) is 0 Å². The van der Waals surface area contributed by atoms with E-state index in [1.54, 1.807) is 0 Å². The van der Waals surface area contributed by atoms with Crippen LogP contribution in [0.2, 0.25) is 0 Å². The van der Waals surface area contributed by atoms with E-state index in [0.717, 1.165) is 41.3 Å². The molecule has 0 aliphatic rings. The number of benzene rings is 2. The van der Waals surface area contributed by atoms with Gasteiger partial charge < -0.3 is 15.5 Å². The van der Waals surface area contributed by atoms with Crippen LogP contribution in [0.3, 0.4) is 0 Å². The van der Waals surface area contributed by atoms with Crippen molar-refractivity contribution in [2.45, 2.75) is 13.8 Å². The molecule has 0 bridgehead atoms. The average molecular weight is 402 g/mol. The van der Waals surface area contributed by atoms with E-state index in [1.165, 1.54) is 11.1 Å². The Labute approximate surface area is 176 Å². The Morgan fingerprint density at radius 2 is 1.77 bits per heavy atom. The van der Waals surface area contributed by atoms with Gasteiger partial charge in [0.05, 0.1) is 17.3 Å². The summed E-state index contributed by atoms with van der Waals surface area (Å²) in [6.45, 7) is 5.86. The maximum atomic E-state index is 4.76. The molecule has 7 nitrogen and oxygen atoms in total. The Kier molecular flexibility index (Phi) is 5.63. The molecular formula is C23H27N7. The summed E-state index contributed by atoms with van der Waals surface area (Å²) in [4.78, 5) is 11.6. The summed E-state index contributed by atoms with van der Waals surface area (Å²) in [5.41, 5.74) is 5.20. The minimum atomic E-state index is 0.577. The highest BCUT2D eigenvalue weighted by atomic mass is 15.3. The van der Waals surface area contributed by atoms with E-state index in [2.05, 4.69) is 52.7 Å². The first-order chi connectivity index (χ1) is 14.5. The van der Waals surface area contributed by atoms with Crippen molar-refractivity contribution in [1.82, 2.24) is 24.6 Å². The number of nitrogens with one attached hydrogen (secondary N) is 2. The molecule has 0 saturated carbocycles. The summed E-state index contributed by atoms with van der Waals surface area (Å²) in [6.07, 6.45) is 1.81. The third-order valence-electron chi connectivity index (χ3n) is 5.04. The molecule has 0 fully saturated rings. The van der Waals surface area contributed by atoms with Crippen molar-refractivity contribution < 1.29 is 0 Å². The first kappa shape index (κ1) is 19.8.